The SMILES string of the molecule is CC(C)c1ccc(/C=C(\C#N)C(=O)OCC(=O)C(C)(C)C)cc1. The third-order valence-corrected chi connectivity index (χ3v) is 3.43. The molecule has 0 fully saturated rings. The Kier molecular flexibility index (Phi) is 6.27. The summed E-state index contributed by atoms with van der Waals surface area (Å²) < 4.78 is 4.94. The Morgan fingerprint density at radius 1 is 1.22 bits per heavy atom. The van der Waals surface area contributed by atoms with E-state index in [1.807, 2.05) is 30.3 Å². The van der Waals surface area contributed by atoms with Gasteiger partial charge in [0.15, 0.2) is 12.4 Å². The Morgan fingerprint density at radius 3 is 2.22 bits per heavy atom. The summed E-state index contributed by atoms with van der Waals surface area (Å²) in [5, 5.41) is 9.12. The molecule has 0 atom stereocenters. The van der Waals surface area contributed by atoms with E-state index in [-0.39, 0.29) is 18.0 Å². The van der Waals surface area contributed by atoms with Crippen LogP contribution in [0.1, 0.15) is 51.7 Å². The predicted molar refractivity (Wildman–Crippen MR) is 89.5 cm³/mol. The van der Waals surface area contributed by atoms with Crippen LogP contribution < -0.4 is 0 Å². The Labute approximate surface area is 137 Å². The minimum absolute atomic E-state index is 0.121. The molecule has 1 aromatic rings. The van der Waals surface area contributed by atoms with E-state index in [1.54, 1.807) is 20.8 Å². The fourth-order valence-corrected chi connectivity index (χ4v) is 1.71. The van der Waals surface area contributed by atoms with E-state index in [1.165, 1.54) is 11.6 Å². The molecule has 0 saturated heterocycles. The highest BCUT2D eigenvalue weighted by Crippen LogP contribution is 2.17. The van der Waals surface area contributed by atoms with Crippen LogP contribution in [-0.4, -0.2) is 18.4 Å². The molecule has 4 nitrogen and oxygen atoms in total. The highest BCUT2D eigenvalue weighted by atomic mass is 16.5. The number of rotatable bonds is 5. The molecule has 0 radical (unpaired) electrons. The van der Waals surface area contributed by atoms with E-state index in [4.69, 9.17) is 10.00 Å². The maximum Gasteiger partial charge on any atom is 0.349 e. The Morgan fingerprint density at radius 2 is 1.78 bits per heavy atom. The zero-order valence-corrected chi connectivity index (χ0v) is 14.3. The first-order chi connectivity index (χ1) is 10.6. The lowest BCUT2D eigenvalue weighted by molar-refractivity contribution is -0.146. The van der Waals surface area contributed by atoms with Crippen LogP contribution in [0.15, 0.2) is 29.8 Å². The van der Waals surface area contributed by atoms with Gasteiger partial charge in [-0.15, -0.1) is 0 Å². The summed E-state index contributed by atoms with van der Waals surface area (Å²) >= 11 is 0. The topological polar surface area (TPSA) is 67.2 Å². The van der Waals surface area contributed by atoms with Crippen molar-refractivity contribution in [3.63, 3.8) is 0 Å². The second-order valence-electron chi connectivity index (χ2n) is 6.74. The van der Waals surface area contributed by atoms with Gasteiger partial charge in [0, 0.05) is 5.41 Å². The largest absolute Gasteiger partial charge is 0.454 e. The van der Waals surface area contributed by atoms with Crippen molar-refractivity contribution in [1.29, 1.82) is 5.26 Å². The lowest BCUT2D eigenvalue weighted by Crippen LogP contribution is -2.26. The van der Waals surface area contributed by atoms with E-state index in [0.717, 1.165) is 5.56 Å². The molecule has 0 aliphatic heterocycles. The number of benzene rings is 1. The molecule has 0 aliphatic rings. The number of hydrogen-bond donors (Lipinski definition) is 0. The number of hydrogen-bond acceptors (Lipinski definition) is 4. The summed E-state index contributed by atoms with van der Waals surface area (Å²) in [4.78, 5) is 23.7. The molecule has 0 spiro atoms. The molecule has 0 saturated carbocycles. The molecule has 4 heteroatoms. The molecule has 0 amide bonds. The fourth-order valence-electron chi connectivity index (χ4n) is 1.71. The van der Waals surface area contributed by atoms with Crippen LogP contribution in [0.2, 0.25) is 0 Å². The number of carbonyl (C=O) groups is 2. The fraction of sp³-hybridized carbons (Fsp3) is 0.421. The first-order valence-corrected chi connectivity index (χ1v) is 7.57. The summed E-state index contributed by atoms with van der Waals surface area (Å²) in [6.45, 7) is 9.11. The van der Waals surface area contributed by atoms with Gasteiger partial charge < -0.3 is 4.74 Å². The van der Waals surface area contributed by atoms with Crippen molar-refractivity contribution in [2.45, 2.75) is 40.5 Å². The van der Waals surface area contributed by atoms with Gasteiger partial charge in [0.2, 0.25) is 0 Å². The van der Waals surface area contributed by atoms with Gasteiger partial charge in [-0.3, -0.25) is 4.79 Å². The van der Waals surface area contributed by atoms with Crippen LogP contribution >= 0.6 is 0 Å². The predicted octanol–water partition coefficient (Wildman–Crippen LogP) is 3.88. The van der Waals surface area contributed by atoms with Crippen LogP contribution in [0, 0.1) is 16.7 Å². The normalized spacial score (nSPS) is 12.0. The van der Waals surface area contributed by atoms with Gasteiger partial charge in [0.05, 0.1) is 0 Å². The van der Waals surface area contributed by atoms with Crippen molar-refractivity contribution in [3.8, 4) is 6.07 Å². The Balaban J connectivity index is 2.81. The molecule has 0 aromatic heterocycles. The smallest absolute Gasteiger partial charge is 0.349 e. The van der Waals surface area contributed by atoms with Gasteiger partial charge in [-0.1, -0.05) is 58.9 Å². The third kappa shape index (κ3) is 5.71. The summed E-state index contributed by atoms with van der Waals surface area (Å²) in [7, 11) is 0. The van der Waals surface area contributed by atoms with Gasteiger partial charge in [-0.2, -0.15) is 5.26 Å². The standard InChI is InChI=1S/C19H23NO3/c1-13(2)15-8-6-14(7-9-15)10-16(11-20)18(22)23-12-17(21)19(3,4)5/h6-10,13H,12H2,1-5H3/b16-10+. The number of ketones is 1. The summed E-state index contributed by atoms with van der Waals surface area (Å²) in [5.41, 5.74) is 1.22. The molecule has 0 heterocycles. The summed E-state index contributed by atoms with van der Waals surface area (Å²) in [6, 6.07) is 9.44. The first-order valence-electron chi connectivity index (χ1n) is 7.57. The summed E-state index contributed by atoms with van der Waals surface area (Å²) in [6.07, 6.45) is 1.47. The van der Waals surface area contributed by atoms with Crippen molar-refractivity contribution >= 4 is 17.8 Å². The number of nitrogens with zero attached hydrogens (tertiary/aromatic N) is 1. The molecule has 1 aromatic carbocycles. The number of nitriles is 1. The van der Waals surface area contributed by atoms with Crippen LogP contribution in [0.25, 0.3) is 6.08 Å². The second-order valence-corrected chi connectivity index (χ2v) is 6.74. The van der Waals surface area contributed by atoms with Gasteiger partial charge in [0.25, 0.3) is 0 Å². The molecular formula is C19H23NO3. The maximum atomic E-state index is 11.9. The average molecular weight is 313 g/mol. The number of Topliss-reactive ketones (excluding diaryl/α,β-unsaturated/α-hetero) is 1. The van der Waals surface area contributed by atoms with E-state index >= 15 is 0 Å². The maximum absolute atomic E-state index is 11.9. The molecule has 0 N–H and O–H groups in total. The second kappa shape index (κ2) is 7.73. The number of esters is 1. The number of carbonyl (C=O) groups excluding carboxylic acids is 2. The molecule has 1 rings (SSSR count). The molecular weight excluding hydrogens is 290 g/mol. The molecule has 0 bridgehead atoms. The van der Waals surface area contributed by atoms with Gasteiger partial charge in [-0.25, -0.2) is 4.79 Å². The van der Waals surface area contributed by atoms with Crippen LogP contribution in [0.4, 0.5) is 0 Å². The zero-order chi connectivity index (χ0) is 17.6. The quantitative estimate of drug-likeness (QED) is 0.470. The first kappa shape index (κ1) is 18.6. The van der Waals surface area contributed by atoms with Gasteiger partial charge >= 0.3 is 5.97 Å². The van der Waals surface area contributed by atoms with Crippen molar-refractivity contribution in [1.82, 2.24) is 0 Å². The Hall–Kier alpha value is -2.41. The van der Waals surface area contributed by atoms with E-state index in [9.17, 15) is 9.59 Å². The van der Waals surface area contributed by atoms with E-state index in [0.29, 0.717) is 5.92 Å². The molecule has 122 valence electrons. The van der Waals surface area contributed by atoms with E-state index < -0.39 is 11.4 Å². The van der Waals surface area contributed by atoms with Crippen molar-refractivity contribution in [3.05, 3.63) is 41.0 Å². The molecule has 0 aliphatic carbocycles. The summed E-state index contributed by atoms with van der Waals surface area (Å²) in [5.74, 6) is -0.556. The highest BCUT2D eigenvalue weighted by Gasteiger charge is 2.23. The van der Waals surface area contributed by atoms with Crippen LogP contribution in [0.5, 0.6) is 0 Å². The highest BCUT2D eigenvalue weighted by molar-refractivity contribution is 5.99. The minimum atomic E-state index is -0.780. The average Bonchev–Trinajstić information content (AvgIpc) is 2.49. The molecule has 0 unspecified atom stereocenters. The third-order valence-electron chi connectivity index (χ3n) is 3.43. The zero-order valence-electron chi connectivity index (χ0n) is 14.3. The number of ether oxygens (including phenoxy) is 1. The van der Waals surface area contributed by atoms with Crippen molar-refractivity contribution in [2.75, 3.05) is 6.61 Å². The van der Waals surface area contributed by atoms with Gasteiger partial charge in [-0.05, 0) is 23.1 Å². The van der Waals surface area contributed by atoms with Crippen LogP contribution in [0.3, 0.4) is 0 Å². The monoisotopic (exact) mass is 313 g/mol. The Bertz CT molecular complexity index is 641. The van der Waals surface area contributed by atoms with Gasteiger partial charge in [0.1, 0.15) is 11.6 Å². The molecule has 23 heavy (non-hydrogen) atoms. The lowest BCUT2D eigenvalue weighted by Gasteiger charge is -2.15. The lowest BCUT2D eigenvalue weighted by atomic mass is 9.91. The van der Waals surface area contributed by atoms with Crippen molar-refractivity contribution in [2.24, 2.45) is 5.41 Å². The van der Waals surface area contributed by atoms with Crippen molar-refractivity contribution < 1.29 is 14.3 Å². The van der Waals surface area contributed by atoms with Crippen LogP contribution in [-0.2, 0) is 14.3 Å². The minimum Gasteiger partial charge on any atom is -0.454 e. The van der Waals surface area contributed by atoms with E-state index in [2.05, 4.69) is 13.8 Å².